The van der Waals surface area contributed by atoms with Crippen LogP contribution in [0.4, 0.5) is 13.2 Å². The first-order valence-corrected chi connectivity index (χ1v) is 6.59. The molecule has 0 aliphatic carbocycles. The first-order chi connectivity index (χ1) is 9.66. The molecule has 0 saturated heterocycles. The van der Waals surface area contributed by atoms with Crippen molar-refractivity contribution in [2.24, 2.45) is 0 Å². The fourth-order valence-electron chi connectivity index (χ4n) is 2.23. The van der Waals surface area contributed by atoms with Crippen LogP contribution in [0, 0.1) is 13.8 Å². The fraction of sp³-hybridized carbons (Fsp3) is 0.267. The highest BCUT2D eigenvalue weighted by Crippen LogP contribution is 2.29. The lowest BCUT2D eigenvalue weighted by Crippen LogP contribution is -2.23. The Labute approximate surface area is 124 Å². The van der Waals surface area contributed by atoms with Gasteiger partial charge in [-0.3, -0.25) is 4.79 Å². The third kappa shape index (κ3) is 3.67. The lowest BCUT2D eigenvalue weighted by Gasteiger charge is -2.12. The Hall–Kier alpha value is -1.75. The number of hydrogen-bond acceptors (Lipinski definition) is 1. The zero-order valence-corrected chi connectivity index (χ0v) is 12.2. The van der Waals surface area contributed by atoms with Crippen molar-refractivity contribution in [3.63, 3.8) is 0 Å². The molecule has 1 aromatic heterocycles. The van der Waals surface area contributed by atoms with Crippen molar-refractivity contribution in [3.05, 3.63) is 68.1 Å². The van der Waals surface area contributed by atoms with Crippen molar-refractivity contribution >= 4 is 11.6 Å². The van der Waals surface area contributed by atoms with Gasteiger partial charge >= 0.3 is 6.18 Å². The van der Waals surface area contributed by atoms with Crippen molar-refractivity contribution in [2.45, 2.75) is 26.6 Å². The quantitative estimate of drug-likeness (QED) is 0.814. The minimum Gasteiger partial charge on any atom is -0.309 e. The largest absolute Gasteiger partial charge is 0.417 e. The molecule has 0 aliphatic rings. The summed E-state index contributed by atoms with van der Waals surface area (Å²) in [6.07, 6.45) is -3.74. The molecule has 6 heteroatoms. The molecule has 0 radical (unpaired) electrons. The molecule has 0 bridgehead atoms. The molecule has 0 aliphatic heterocycles. The zero-order valence-electron chi connectivity index (χ0n) is 11.5. The Morgan fingerprint density at radius 1 is 1.10 bits per heavy atom. The topological polar surface area (TPSA) is 22.0 Å². The van der Waals surface area contributed by atoms with Gasteiger partial charge in [-0.25, -0.2) is 0 Å². The maximum atomic E-state index is 12.8. The molecular weight excluding hydrogens is 303 g/mol. The molecule has 112 valence electrons. The van der Waals surface area contributed by atoms with Gasteiger partial charge in [0.15, 0.2) is 0 Å². The molecular formula is C15H13ClF3NO. The van der Waals surface area contributed by atoms with Gasteiger partial charge in [-0.2, -0.15) is 13.2 Å². The highest BCUT2D eigenvalue weighted by molar-refractivity contribution is 6.30. The predicted molar refractivity (Wildman–Crippen MR) is 75.7 cm³/mol. The second-order valence-corrected chi connectivity index (χ2v) is 5.41. The highest BCUT2D eigenvalue weighted by atomic mass is 35.5. The van der Waals surface area contributed by atoms with Gasteiger partial charge in [0.05, 0.1) is 12.1 Å². The van der Waals surface area contributed by atoms with Crippen LogP contribution in [0.15, 0.2) is 35.3 Å². The summed E-state index contributed by atoms with van der Waals surface area (Å²) in [7, 11) is 0. The lowest BCUT2D eigenvalue weighted by molar-refractivity contribution is -0.138. The number of pyridine rings is 1. The standard InChI is InChI=1S/C15H13ClF3NO/c1-9-3-10(2)5-11(4-9)7-20-8-12(15(17,18)19)6-13(16)14(20)21/h3-6,8H,7H2,1-2H3. The Bertz CT molecular complexity index is 714. The molecule has 2 rings (SSSR count). The second-order valence-electron chi connectivity index (χ2n) is 5.00. The van der Waals surface area contributed by atoms with Gasteiger partial charge in [0.25, 0.3) is 5.56 Å². The lowest BCUT2D eigenvalue weighted by atomic mass is 10.1. The van der Waals surface area contributed by atoms with E-state index >= 15 is 0 Å². The van der Waals surface area contributed by atoms with Crippen LogP contribution >= 0.6 is 11.6 Å². The molecule has 0 atom stereocenters. The number of hydrogen-bond donors (Lipinski definition) is 0. The van der Waals surface area contributed by atoms with Crippen LogP contribution in [0.2, 0.25) is 5.02 Å². The highest BCUT2D eigenvalue weighted by Gasteiger charge is 2.32. The average Bonchev–Trinajstić information content (AvgIpc) is 2.32. The minimum absolute atomic E-state index is 0.0466. The van der Waals surface area contributed by atoms with Crippen molar-refractivity contribution in [1.29, 1.82) is 0 Å². The summed E-state index contributed by atoms with van der Waals surface area (Å²) >= 11 is 5.62. The monoisotopic (exact) mass is 315 g/mol. The summed E-state index contributed by atoms with van der Waals surface area (Å²) in [5, 5.41) is -0.436. The molecule has 0 unspecified atom stereocenters. The summed E-state index contributed by atoms with van der Waals surface area (Å²) < 4.78 is 39.3. The van der Waals surface area contributed by atoms with E-state index in [4.69, 9.17) is 11.6 Å². The van der Waals surface area contributed by atoms with E-state index < -0.39 is 22.3 Å². The van der Waals surface area contributed by atoms with Gasteiger partial charge in [0, 0.05) is 6.20 Å². The maximum Gasteiger partial charge on any atom is 0.417 e. The number of aryl methyl sites for hydroxylation is 2. The average molecular weight is 316 g/mol. The molecule has 2 nitrogen and oxygen atoms in total. The van der Waals surface area contributed by atoms with Gasteiger partial charge in [-0.1, -0.05) is 40.9 Å². The maximum absolute atomic E-state index is 12.8. The van der Waals surface area contributed by atoms with Gasteiger partial charge < -0.3 is 4.57 Å². The van der Waals surface area contributed by atoms with Gasteiger partial charge in [0.1, 0.15) is 5.02 Å². The summed E-state index contributed by atoms with van der Waals surface area (Å²) in [6, 6.07) is 6.26. The van der Waals surface area contributed by atoms with Gasteiger partial charge in [-0.15, -0.1) is 0 Å². The fourth-order valence-corrected chi connectivity index (χ4v) is 2.45. The smallest absolute Gasteiger partial charge is 0.309 e. The van der Waals surface area contributed by atoms with E-state index in [1.807, 2.05) is 32.0 Å². The summed E-state index contributed by atoms with van der Waals surface area (Å²) in [4.78, 5) is 11.9. The summed E-state index contributed by atoms with van der Waals surface area (Å²) in [5.74, 6) is 0. The number of rotatable bonds is 2. The Kier molecular flexibility index (Phi) is 4.14. The molecule has 1 aromatic carbocycles. The number of aromatic nitrogens is 1. The first-order valence-electron chi connectivity index (χ1n) is 6.21. The van der Waals surface area contributed by atoms with E-state index in [0.717, 1.165) is 27.5 Å². The van der Waals surface area contributed by atoms with Crippen molar-refractivity contribution in [1.82, 2.24) is 4.57 Å². The summed E-state index contributed by atoms with van der Waals surface area (Å²) in [6.45, 7) is 3.82. The third-order valence-corrected chi connectivity index (χ3v) is 3.27. The van der Waals surface area contributed by atoms with E-state index in [2.05, 4.69) is 0 Å². The van der Waals surface area contributed by atoms with Gasteiger partial charge in [-0.05, 0) is 25.5 Å². The molecule has 0 N–H and O–H groups in total. The molecule has 0 spiro atoms. The van der Waals surface area contributed by atoms with Crippen LogP contribution in [0.3, 0.4) is 0 Å². The van der Waals surface area contributed by atoms with Crippen LogP contribution in [0.5, 0.6) is 0 Å². The Morgan fingerprint density at radius 2 is 1.67 bits per heavy atom. The van der Waals surface area contributed by atoms with Crippen LogP contribution in [-0.2, 0) is 12.7 Å². The molecule has 21 heavy (non-hydrogen) atoms. The van der Waals surface area contributed by atoms with E-state index in [0.29, 0.717) is 6.07 Å². The first kappa shape index (κ1) is 15.6. The molecule has 0 amide bonds. The number of alkyl halides is 3. The van der Waals surface area contributed by atoms with Crippen molar-refractivity contribution in [3.8, 4) is 0 Å². The van der Waals surface area contributed by atoms with Crippen LogP contribution in [0.25, 0.3) is 0 Å². The number of benzene rings is 1. The van der Waals surface area contributed by atoms with Crippen LogP contribution in [0.1, 0.15) is 22.3 Å². The summed E-state index contributed by atoms with van der Waals surface area (Å²) in [5.41, 5.74) is 1.15. The van der Waals surface area contributed by atoms with Crippen molar-refractivity contribution in [2.75, 3.05) is 0 Å². The van der Waals surface area contributed by atoms with E-state index in [-0.39, 0.29) is 6.54 Å². The van der Waals surface area contributed by atoms with E-state index in [1.54, 1.807) is 0 Å². The number of nitrogens with zero attached hydrogens (tertiary/aromatic N) is 1. The van der Waals surface area contributed by atoms with Crippen molar-refractivity contribution < 1.29 is 13.2 Å². The predicted octanol–water partition coefficient (Wildman–Crippen LogP) is 4.19. The molecule has 0 fully saturated rings. The van der Waals surface area contributed by atoms with Crippen LogP contribution < -0.4 is 5.56 Å². The zero-order chi connectivity index (χ0) is 15.8. The second kappa shape index (κ2) is 5.56. The SMILES string of the molecule is Cc1cc(C)cc(Cn2cc(C(F)(F)F)cc(Cl)c2=O)c1. The third-order valence-electron chi connectivity index (χ3n) is 3.00. The molecule has 2 aromatic rings. The molecule has 1 heterocycles. The minimum atomic E-state index is -4.54. The number of halogens is 4. The Balaban J connectivity index is 2.48. The van der Waals surface area contributed by atoms with Gasteiger partial charge in [0.2, 0.25) is 0 Å². The van der Waals surface area contributed by atoms with E-state index in [9.17, 15) is 18.0 Å². The Morgan fingerprint density at radius 3 is 2.19 bits per heavy atom. The normalized spacial score (nSPS) is 11.7. The van der Waals surface area contributed by atoms with E-state index in [1.165, 1.54) is 0 Å². The van der Waals surface area contributed by atoms with Crippen LogP contribution in [-0.4, -0.2) is 4.57 Å². The molecule has 0 saturated carbocycles.